The number of nitrogens with zero attached hydrogens (tertiary/aromatic N) is 2. The van der Waals surface area contributed by atoms with Crippen LogP contribution in [-0.4, -0.2) is 68.2 Å². The predicted molar refractivity (Wildman–Crippen MR) is 79.8 cm³/mol. The van der Waals surface area contributed by atoms with Crippen LogP contribution in [-0.2, 0) is 10.0 Å². The summed E-state index contributed by atoms with van der Waals surface area (Å²) < 4.78 is 27.0. The normalized spacial score (nSPS) is 25.5. The zero-order chi connectivity index (χ0) is 14.6. The van der Waals surface area contributed by atoms with Crippen molar-refractivity contribution in [2.24, 2.45) is 0 Å². The molecule has 114 valence electrons. The van der Waals surface area contributed by atoms with E-state index in [0.29, 0.717) is 19.1 Å². The van der Waals surface area contributed by atoms with Gasteiger partial charge in [-0.15, -0.1) is 0 Å². The fourth-order valence-corrected chi connectivity index (χ4v) is 4.19. The highest BCUT2D eigenvalue weighted by molar-refractivity contribution is 7.89. The highest BCUT2D eigenvalue weighted by Gasteiger charge is 2.33. The van der Waals surface area contributed by atoms with Gasteiger partial charge < -0.3 is 10.2 Å². The van der Waals surface area contributed by atoms with Crippen LogP contribution in [0.2, 0.25) is 0 Å². The van der Waals surface area contributed by atoms with Crippen LogP contribution in [0.4, 0.5) is 0 Å². The first kappa shape index (κ1) is 16.9. The van der Waals surface area contributed by atoms with Crippen molar-refractivity contribution >= 4 is 10.0 Å². The summed E-state index contributed by atoms with van der Waals surface area (Å²) >= 11 is 0. The Hall–Kier alpha value is -0.170. The second-order valence-electron chi connectivity index (χ2n) is 5.99. The molecule has 0 aromatic rings. The Bertz CT molecular complexity index is 370. The summed E-state index contributed by atoms with van der Waals surface area (Å²) in [6.45, 7) is 10.8. The van der Waals surface area contributed by atoms with Crippen LogP contribution in [0.15, 0.2) is 0 Å². The number of sulfonamides is 1. The van der Waals surface area contributed by atoms with Crippen molar-refractivity contribution in [2.75, 3.05) is 33.2 Å². The molecule has 1 rings (SSSR count). The van der Waals surface area contributed by atoms with Gasteiger partial charge in [-0.3, -0.25) is 0 Å². The molecule has 0 aromatic heterocycles. The average molecular weight is 291 g/mol. The molecular formula is C13H29N3O2S. The maximum atomic E-state index is 12.6. The molecular weight excluding hydrogens is 262 g/mol. The molecule has 0 amide bonds. The van der Waals surface area contributed by atoms with Gasteiger partial charge in [-0.25, -0.2) is 8.42 Å². The highest BCUT2D eigenvalue weighted by atomic mass is 32.2. The molecule has 6 heteroatoms. The molecule has 1 fully saturated rings. The molecule has 1 aliphatic heterocycles. The maximum Gasteiger partial charge on any atom is 0.218 e. The molecule has 0 spiro atoms. The number of hydrogen-bond donors (Lipinski definition) is 1. The Balaban J connectivity index is 2.74. The van der Waals surface area contributed by atoms with Crippen LogP contribution < -0.4 is 5.32 Å². The largest absolute Gasteiger partial charge is 0.313 e. The molecule has 0 saturated carbocycles. The van der Waals surface area contributed by atoms with Crippen molar-refractivity contribution in [1.82, 2.24) is 14.5 Å². The van der Waals surface area contributed by atoms with Crippen molar-refractivity contribution in [3.05, 3.63) is 0 Å². The van der Waals surface area contributed by atoms with Crippen molar-refractivity contribution < 1.29 is 8.42 Å². The van der Waals surface area contributed by atoms with E-state index in [0.717, 1.165) is 19.5 Å². The smallest absolute Gasteiger partial charge is 0.218 e. The van der Waals surface area contributed by atoms with E-state index in [1.165, 1.54) is 0 Å². The zero-order valence-corrected chi connectivity index (χ0v) is 13.7. The van der Waals surface area contributed by atoms with Crippen molar-refractivity contribution in [2.45, 2.75) is 51.4 Å². The molecule has 2 unspecified atom stereocenters. The highest BCUT2D eigenvalue weighted by Crippen LogP contribution is 2.17. The molecule has 0 aromatic carbocycles. The molecule has 0 radical (unpaired) electrons. The van der Waals surface area contributed by atoms with E-state index in [1.54, 1.807) is 11.2 Å². The fraction of sp³-hybridized carbons (Fsp3) is 1.00. The Kier molecular flexibility index (Phi) is 6.23. The van der Waals surface area contributed by atoms with Crippen LogP contribution >= 0.6 is 0 Å². The lowest BCUT2D eigenvalue weighted by molar-refractivity contribution is 0.288. The summed E-state index contributed by atoms with van der Waals surface area (Å²) in [5.41, 5.74) is 0. The van der Waals surface area contributed by atoms with E-state index >= 15 is 0 Å². The zero-order valence-electron chi connectivity index (χ0n) is 12.9. The van der Waals surface area contributed by atoms with Gasteiger partial charge in [-0.05, 0) is 33.9 Å². The molecule has 19 heavy (non-hydrogen) atoms. The SMILES string of the molecule is CC(C)NCC(C)S(=O)(=O)N1CCCN(C)CC1C. The summed E-state index contributed by atoms with van der Waals surface area (Å²) in [6.07, 6.45) is 0.907. The third kappa shape index (κ3) is 4.70. The minimum Gasteiger partial charge on any atom is -0.313 e. The lowest BCUT2D eigenvalue weighted by Crippen LogP contribution is -2.48. The van der Waals surface area contributed by atoms with Gasteiger partial charge in [0.15, 0.2) is 0 Å². The maximum absolute atomic E-state index is 12.6. The molecule has 1 N–H and O–H groups in total. The Morgan fingerprint density at radius 3 is 2.47 bits per heavy atom. The number of nitrogens with one attached hydrogen (secondary N) is 1. The van der Waals surface area contributed by atoms with E-state index in [-0.39, 0.29) is 11.3 Å². The molecule has 5 nitrogen and oxygen atoms in total. The summed E-state index contributed by atoms with van der Waals surface area (Å²) in [6, 6.07) is 0.365. The van der Waals surface area contributed by atoms with Crippen LogP contribution in [0.1, 0.15) is 34.1 Å². The van der Waals surface area contributed by atoms with E-state index in [9.17, 15) is 8.42 Å². The van der Waals surface area contributed by atoms with E-state index < -0.39 is 10.0 Å². The van der Waals surface area contributed by atoms with Gasteiger partial charge in [0.25, 0.3) is 0 Å². The quantitative estimate of drug-likeness (QED) is 0.811. The van der Waals surface area contributed by atoms with Crippen molar-refractivity contribution in [1.29, 1.82) is 0 Å². The Labute approximate surface area is 118 Å². The van der Waals surface area contributed by atoms with Gasteiger partial charge in [0.2, 0.25) is 10.0 Å². The number of likely N-dealkylation sites (N-methyl/N-ethyl adjacent to an activating group) is 1. The molecule has 0 aliphatic carbocycles. The van der Waals surface area contributed by atoms with E-state index in [2.05, 4.69) is 17.3 Å². The van der Waals surface area contributed by atoms with Gasteiger partial charge in [-0.1, -0.05) is 13.8 Å². The average Bonchev–Trinajstić information content (AvgIpc) is 2.46. The lowest BCUT2D eigenvalue weighted by Gasteiger charge is -2.30. The third-order valence-electron chi connectivity index (χ3n) is 3.63. The van der Waals surface area contributed by atoms with E-state index in [1.807, 2.05) is 20.8 Å². The predicted octanol–water partition coefficient (Wildman–Crippen LogP) is 0.729. The first-order valence-electron chi connectivity index (χ1n) is 7.17. The minimum atomic E-state index is -3.21. The summed E-state index contributed by atoms with van der Waals surface area (Å²) in [5, 5.41) is 2.84. The molecule has 1 saturated heterocycles. The molecule has 2 atom stereocenters. The fourth-order valence-electron chi connectivity index (χ4n) is 2.47. The van der Waals surface area contributed by atoms with Gasteiger partial charge in [-0.2, -0.15) is 4.31 Å². The molecule has 0 bridgehead atoms. The van der Waals surface area contributed by atoms with Crippen LogP contribution in [0, 0.1) is 0 Å². The first-order chi connectivity index (χ1) is 8.75. The second-order valence-corrected chi connectivity index (χ2v) is 8.30. The molecule has 1 heterocycles. The van der Waals surface area contributed by atoms with Crippen LogP contribution in [0.3, 0.4) is 0 Å². The standard InChI is InChI=1S/C13H29N3O2S/c1-11(2)14-9-13(4)19(17,18)16-8-6-7-15(5)10-12(16)3/h11-14H,6-10H2,1-5H3. The number of hydrogen-bond acceptors (Lipinski definition) is 4. The second kappa shape index (κ2) is 7.02. The van der Waals surface area contributed by atoms with Crippen LogP contribution in [0.25, 0.3) is 0 Å². The molecule has 1 aliphatic rings. The monoisotopic (exact) mass is 291 g/mol. The van der Waals surface area contributed by atoms with Crippen molar-refractivity contribution in [3.63, 3.8) is 0 Å². The summed E-state index contributed by atoms with van der Waals surface area (Å²) in [5.74, 6) is 0. The first-order valence-corrected chi connectivity index (χ1v) is 8.68. The summed E-state index contributed by atoms with van der Waals surface area (Å²) in [7, 11) is -1.16. The Morgan fingerprint density at radius 2 is 1.89 bits per heavy atom. The van der Waals surface area contributed by atoms with Gasteiger partial charge in [0.1, 0.15) is 0 Å². The third-order valence-corrected chi connectivity index (χ3v) is 6.01. The number of rotatable bonds is 5. The lowest BCUT2D eigenvalue weighted by atomic mass is 10.3. The van der Waals surface area contributed by atoms with Gasteiger partial charge in [0.05, 0.1) is 5.25 Å². The van der Waals surface area contributed by atoms with Gasteiger partial charge >= 0.3 is 0 Å². The topological polar surface area (TPSA) is 52.7 Å². The minimum absolute atomic E-state index is 0.0546. The van der Waals surface area contributed by atoms with Crippen LogP contribution in [0.5, 0.6) is 0 Å². The Morgan fingerprint density at radius 1 is 1.26 bits per heavy atom. The summed E-state index contributed by atoms with van der Waals surface area (Å²) in [4.78, 5) is 2.21. The van der Waals surface area contributed by atoms with Crippen molar-refractivity contribution in [3.8, 4) is 0 Å². The van der Waals surface area contributed by atoms with Gasteiger partial charge in [0, 0.05) is 31.7 Å². The van der Waals surface area contributed by atoms with E-state index in [4.69, 9.17) is 0 Å².